The summed E-state index contributed by atoms with van der Waals surface area (Å²) in [7, 11) is 0. The summed E-state index contributed by atoms with van der Waals surface area (Å²) in [6.45, 7) is 1.46. The van der Waals surface area contributed by atoms with Gasteiger partial charge >= 0.3 is 5.97 Å². The Morgan fingerprint density at radius 2 is 2.04 bits per heavy atom. The Bertz CT molecular complexity index is 843. The first kappa shape index (κ1) is 16.6. The molecule has 1 saturated carbocycles. The molecule has 1 amide bonds. The quantitative estimate of drug-likeness (QED) is 0.631. The monoisotopic (exact) mass is 344 g/mol. The van der Waals surface area contributed by atoms with Crippen molar-refractivity contribution in [3.8, 4) is 5.69 Å². The summed E-state index contributed by atoms with van der Waals surface area (Å²) in [6, 6.07) is 6.42. The van der Waals surface area contributed by atoms with E-state index in [1.54, 1.807) is 12.1 Å². The number of rotatable bonds is 6. The van der Waals surface area contributed by atoms with Crippen LogP contribution in [-0.2, 0) is 4.79 Å². The number of nitrogens with zero attached hydrogens (tertiary/aromatic N) is 4. The molecule has 1 N–H and O–H groups in total. The first-order chi connectivity index (χ1) is 11.9. The standard InChI is InChI=1S/C16H16N4O5/c1-10(16(22)23)19(11-6-7-11)15(21)12-8-9-18(17-12)13-4-2-3-5-14(13)20(24)25/h2-5,8-11H,6-7H2,1H3,(H,22,23). The van der Waals surface area contributed by atoms with Crippen LogP contribution in [0.25, 0.3) is 5.69 Å². The van der Waals surface area contributed by atoms with Crippen molar-refractivity contribution < 1.29 is 19.6 Å². The summed E-state index contributed by atoms with van der Waals surface area (Å²) in [6.07, 6.45) is 2.97. The third-order valence-corrected chi connectivity index (χ3v) is 4.08. The highest BCUT2D eigenvalue weighted by Crippen LogP contribution is 2.30. The zero-order chi connectivity index (χ0) is 18.1. The van der Waals surface area contributed by atoms with Gasteiger partial charge in [0, 0.05) is 18.3 Å². The lowest BCUT2D eigenvalue weighted by molar-refractivity contribution is -0.384. The van der Waals surface area contributed by atoms with Crippen molar-refractivity contribution >= 4 is 17.6 Å². The van der Waals surface area contributed by atoms with Crippen molar-refractivity contribution in [3.05, 3.63) is 52.3 Å². The van der Waals surface area contributed by atoms with Crippen LogP contribution < -0.4 is 0 Å². The molecule has 9 nitrogen and oxygen atoms in total. The van der Waals surface area contributed by atoms with Crippen LogP contribution in [0.2, 0.25) is 0 Å². The largest absolute Gasteiger partial charge is 0.480 e. The molecule has 1 unspecified atom stereocenters. The van der Waals surface area contributed by atoms with Crippen molar-refractivity contribution in [1.82, 2.24) is 14.7 Å². The number of aliphatic carboxylic acids is 1. The minimum absolute atomic E-state index is 0.0538. The van der Waals surface area contributed by atoms with E-state index in [0.29, 0.717) is 0 Å². The molecule has 3 rings (SSSR count). The number of aromatic nitrogens is 2. The maximum Gasteiger partial charge on any atom is 0.326 e. The Balaban J connectivity index is 1.92. The van der Waals surface area contributed by atoms with Crippen LogP contribution in [0.5, 0.6) is 0 Å². The van der Waals surface area contributed by atoms with Gasteiger partial charge in [0.25, 0.3) is 11.6 Å². The number of hydrogen-bond donors (Lipinski definition) is 1. The average Bonchev–Trinajstić information content (AvgIpc) is 3.29. The van der Waals surface area contributed by atoms with Gasteiger partial charge in [-0.15, -0.1) is 0 Å². The minimum atomic E-state index is -1.08. The summed E-state index contributed by atoms with van der Waals surface area (Å²) < 4.78 is 1.25. The van der Waals surface area contributed by atoms with Crippen LogP contribution in [0.15, 0.2) is 36.5 Å². The molecule has 1 aromatic heterocycles. The van der Waals surface area contributed by atoms with Crippen LogP contribution in [0.1, 0.15) is 30.3 Å². The maximum atomic E-state index is 12.7. The molecule has 0 spiro atoms. The van der Waals surface area contributed by atoms with Gasteiger partial charge in [0.05, 0.1) is 4.92 Å². The number of carbonyl (C=O) groups excluding carboxylic acids is 1. The summed E-state index contributed by atoms with van der Waals surface area (Å²) in [5.74, 6) is -1.58. The average molecular weight is 344 g/mol. The molecule has 1 heterocycles. The Kier molecular flexibility index (Phi) is 4.22. The van der Waals surface area contributed by atoms with E-state index in [2.05, 4.69) is 5.10 Å². The molecule has 0 bridgehead atoms. The Hall–Kier alpha value is -3.23. The smallest absolute Gasteiger partial charge is 0.326 e. The molecular weight excluding hydrogens is 328 g/mol. The van der Waals surface area contributed by atoms with Crippen LogP contribution in [0, 0.1) is 10.1 Å². The van der Waals surface area contributed by atoms with E-state index in [0.717, 1.165) is 12.8 Å². The Morgan fingerprint density at radius 3 is 2.64 bits per heavy atom. The van der Waals surface area contributed by atoms with Crippen LogP contribution in [0.3, 0.4) is 0 Å². The zero-order valence-corrected chi connectivity index (χ0v) is 13.4. The summed E-state index contributed by atoms with van der Waals surface area (Å²) in [5.41, 5.74) is 0.150. The van der Waals surface area contributed by atoms with Crippen LogP contribution in [0.4, 0.5) is 5.69 Å². The number of nitro groups is 1. The third-order valence-electron chi connectivity index (χ3n) is 4.08. The van der Waals surface area contributed by atoms with Gasteiger partial charge in [0.2, 0.25) is 0 Å². The first-order valence-corrected chi connectivity index (χ1v) is 7.75. The predicted molar refractivity (Wildman–Crippen MR) is 86.5 cm³/mol. The van der Waals surface area contributed by atoms with Crippen molar-refractivity contribution in [2.75, 3.05) is 0 Å². The number of hydrogen-bond acceptors (Lipinski definition) is 5. The Labute approximate surface area is 142 Å². The second-order valence-corrected chi connectivity index (χ2v) is 5.85. The molecule has 0 radical (unpaired) electrons. The van der Waals surface area contributed by atoms with Gasteiger partial charge in [-0.05, 0) is 31.9 Å². The Morgan fingerprint density at radius 1 is 1.36 bits per heavy atom. The van der Waals surface area contributed by atoms with Gasteiger partial charge in [0.15, 0.2) is 5.69 Å². The predicted octanol–water partition coefficient (Wildman–Crippen LogP) is 1.86. The van der Waals surface area contributed by atoms with Crippen molar-refractivity contribution in [2.45, 2.75) is 31.8 Å². The van der Waals surface area contributed by atoms with Crippen LogP contribution >= 0.6 is 0 Å². The van der Waals surface area contributed by atoms with Gasteiger partial charge in [-0.25, -0.2) is 9.48 Å². The molecule has 0 aliphatic heterocycles. The SMILES string of the molecule is CC(C(=O)O)N(C(=O)c1ccn(-c2ccccc2[N+](=O)[O-])n1)C1CC1. The highest BCUT2D eigenvalue weighted by Gasteiger charge is 2.39. The van der Waals surface area contributed by atoms with E-state index in [9.17, 15) is 24.8 Å². The molecule has 130 valence electrons. The number of amides is 1. The first-order valence-electron chi connectivity index (χ1n) is 7.75. The van der Waals surface area contributed by atoms with Gasteiger partial charge in [0.1, 0.15) is 11.7 Å². The van der Waals surface area contributed by atoms with Crippen LogP contribution in [-0.4, -0.2) is 48.7 Å². The molecule has 1 aliphatic carbocycles. The van der Waals surface area contributed by atoms with E-state index < -0.39 is 22.8 Å². The normalized spacial score (nSPS) is 14.8. The number of carbonyl (C=O) groups is 2. The highest BCUT2D eigenvalue weighted by atomic mass is 16.6. The lowest BCUT2D eigenvalue weighted by Crippen LogP contribution is -2.44. The summed E-state index contributed by atoms with van der Waals surface area (Å²) in [4.78, 5) is 35.9. The van der Waals surface area contributed by atoms with Gasteiger partial charge in [-0.3, -0.25) is 14.9 Å². The highest BCUT2D eigenvalue weighted by molar-refractivity contribution is 5.95. The summed E-state index contributed by atoms with van der Waals surface area (Å²) >= 11 is 0. The fourth-order valence-corrected chi connectivity index (χ4v) is 2.65. The van der Waals surface area contributed by atoms with E-state index in [1.807, 2.05) is 0 Å². The van der Waals surface area contributed by atoms with Gasteiger partial charge in [-0.2, -0.15) is 5.10 Å². The summed E-state index contributed by atoms with van der Waals surface area (Å²) in [5, 5.41) is 24.5. The molecule has 1 atom stereocenters. The fraction of sp³-hybridized carbons (Fsp3) is 0.312. The third kappa shape index (κ3) is 3.21. The second kappa shape index (κ2) is 6.34. The molecule has 9 heteroatoms. The molecule has 2 aromatic rings. The molecule has 0 saturated heterocycles. The number of carboxylic acids is 1. The lowest BCUT2D eigenvalue weighted by atomic mass is 10.2. The van der Waals surface area contributed by atoms with Gasteiger partial charge in [-0.1, -0.05) is 12.1 Å². The maximum absolute atomic E-state index is 12.7. The van der Waals surface area contributed by atoms with E-state index in [1.165, 1.54) is 40.9 Å². The molecule has 1 fully saturated rings. The van der Waals surface area contributed by atoms with Crippen molar-refractivity contribution in [1.29, 1.82) is 0 Å². The lowest BCUT2D eigenvalue weighted by Gasteiger charge is -2.25. The van der Waals surface area contributed by atoms with Crippen molar-refractivity contribution in [2.24, 2.45) is 0 Å². The molecule has 25 heavy (non-hydrogen) atoms. The topological polar surface area (TPSA) is 119 Å². The minimum Gasteiger partial charge on any atom is -0.480 e. The number of nitro benzene ring substituents is 1. The van der Waals surface area contributed by atoms with Crippen molar-refractivity contribution in [3.63, 3.8) is 0 Å². The second-order valence-electron chi connectivity index (χ2n) is 5.85. The fourth-order valence-electron chi connectivity index (χ4n) is 2.65. The van der Waals surface area contributed by atoms with E-state index >= 15 is 0 Å². The van der Waals surface area contributed by atoms with E-state index in [4.69, 9.17) is 0 Å². The van der Waals surface area contributed by atoms with E-state index in [-0.39, 0.29) is 23.1 Å². The number of carboxylic acid groups (broad SMARTS) is 1. The van der Waals surface area contributed by atoms with Gasteiger partial charge < -0.3 is 10.0 Å². The zero-order valence-electron chi connectivity index (χ0n) is 13.4. The number of benzene rings is 1. The molecular formula is C16H16N4O5. The molecule has 1 aromatic carbocycles. The molecule has 1 aliphatic rings. The number of para-hydroxylation sites is 2.